The lowest BCUT2D eigenvalue weighted by Crippen LogP contribution is -2.51. The van der Waals surface area contributed by atoms with Gasteiger partial charge < -0.3 is 10.0 Å². The highest BCUT2D eigenvalue weighted by Crippen LogP contribution is 2.31. The van der Waals surface area contributed by atoms with Crippen LogP contribution in [0.15, 0.2) is 36.5 Å². The first kappa shape index (κ1) is 17.1. The molecule has 0 spiro atoms. The van der Waals surface area contributed by atoms with Crippen LogP contribution in [0.25, 0.3) is 16.6 Å². The number of fused-ring (bicyclic) bond motifs is 1. The molecule has 138 valence electrons. The number of rotatable bonds is 3. The predicted molar refractivity (Wildman–Crippen MR) is 97.7 cm³/mol. The van der Waals surface area contributed by atoms with Crippen molar-refractivity contribution in [3.8, 4) is 5.69 Å². The van der Waals surface area contributed by atoms with Crippen LogP contribution in [0.5, 0.6) is 0 Å². The second-order valence-corrected chi connectivity index (χ2v) is 6.93. The van der Waals surface area contributed by atoms with E-state index in [4.69, 9.17) is 0 Å². The molecule has 1 saturated heterocycles. The predicted octanol–water partition coefficient (Wildman–Crippen LogP) is 2.20. The minimum absolute atomic E-state index is 0.164. The molecular weight excluding hydrogens is 346 g/mol. The van der Waals surface area contributed by atoms with Gasteiger partial charge in [0, 0.05) is 18.1 Å². The number of benzene rings is 1. The van der Waals surface area contributed by atoms with Crippen LogP contribution in [0.4, 0.5) is 0 Å². The number of carboxylic acid groups (broad SMARTS) is 1. The van der Waals surface area contributed by atoms with E-state index >= 15 is 0 Å². The Morgan fingerprint density at radius 1 is 1.22 bits per heavy atom. The first-order valence-corrected chi connectivity index (χ1v) is 8.75. The molecule has 2 aromatic heterocycles. The Bertz CT molecular complexity index is 1060. The van der Waals surface area contributed by atoms with E-state index in [-0.39, 0.29) is 5.69 Å². The summed E-state index contributed by atoms with van der Waals surface area (Å²) in [5.41, 5.74) is 0.979. The maximum atomic E-state index is 13.0. The molecule has 1 aromatic carbocycles. The molecule has 1 unspecified atom stereocenters. The molecule has 1 atom stereocenters. The largest absolute Gasteiger partial charge is 0.480 e. The number of hydrogen-bond donors (Lipinski definition) is 1. The molecule has 0 saturated carbocycles. The van der Waals surface area contributed by atoms with Gasteiger partial charge in [0.25, 0.3) is 5.91 Å². The fourth-order valence-electron chi connectivity index (χ4n) is 3.65. The average Bonchev–Trinajstić information content (AvgIpc) is 3.24. The number of carbonyl (C=O) groups is 2. The summed E-state index contributed by atoms with van der Waals surface area (Å²) in [6.45, 7) is 3.72. The second-order valence-electron chi connectivity index (χ2n) is 6.93. The smallest absolute Gasteiger partial charge is 0.329 e. The van der Waals surface area contributed by atoms with E-state index in [0.29, 0.717) is 25.1 Å². The minimum atomic E-state index is -1.21. The normalized spacial score (nSPS) is 19.6. The van der Waals surface area contributed by atoms with Gasteiger partial charge in [0.05, 0.1) is 16.9 Å². The molecule has 8 nitrogen and oxygen atoms in total. The summed E-state index contributed by atoms with van der Waals surface area (Å²) in [5, 5.41) is 18.7. The first-order chi connectivity index (χ1) is 12.9. The van der Waals surface area contributed by atoms with Crippen molar-refractivity contribution in [3.05, 3.63) is 47.9 Å². The number of likely N-dealkylation sites (tertiary alicyclic amines) is 1. The van der Waals surface area contributed by atoms with Crippen molar-refractivity contribution in [3.63, 3.8) is 0 Å². The lowest BCUT2D eigenvalue weighted by Gasteiger charge is -2.30. The Morgan fingerprint density at radius 3 is 2.78 bits per heavy atom. The molecule has 1 N–H and O–H groups in total. The Morgan fingerprint density at radius 2 is 2.00 bits per heavy atom. The summed E-state index contributed by atoms with van der Waals surface area (Å²) in [5.74, 6) is -1.41. The lowest BCUT2D eigenvalue weighted by atomic mass is 9.99. The molecule has 0 bridgehead atoms. The van der Waals surface area contributed by atoms with E-state index in [1.54, 1.807) is 24.7 Å². The summed E-state index contributed by atoms with van der Waals surface area (Å²) in [7, 11) is 0. The SMILES string of the molecule is Cc1c(C(=O)N2CCCC2(C)C(=O)O)nnn1-c1cccc2cccnc12. The fourth-order valence-corrected chi connectivity index (χ4v) is 3.65. The van der Waals surface area contributed by atoms with E-state index in [1.165, 1.54) is 4.90 Å². The Hall–Kier alpha value is -3.29. The molecule has 1 aliphatic heterocycles. The van der Waals surface area contributed by atoms with E-state index in [0.717, 1.165) is 16.6 Å². The third kappa shape index (κ3) is 2.56. The summed E-state index contributed by atoms with van der Waals surface area (Å²) in [4.78, 5) is 30.5. The number of para-hydroxylation sites is 1. The molecule has 0 radical (unpaired) electrons. The Kier molecular flexibility index (Phi) is 3.91. The summed E-state index contributed by atoms with van der Waals surface area (Å²) < 4.78 is 1.58. The van der Waals surface area contributed by atoms with Crippen molar-refractivity contribution in [1.82, 2.24) is 24.9 Å². The highest BCUT2D eigenvalue weighted by molar-refractivity contribution is 5.97. The van der Waals surface area contributed by atoms with Crippen molar-refractivity contribution < 1.29 is 14.7 Å². The number of carboxylic acids is 1. The second kappa shape index (κ2) is 6.15. The molecule has 1 aliphatic rings. The summed E-state index contributed by atoms with van der Waals surface area (Å²) >= 11 is 0. The van der Waals surface area contributed by atoms with Gasteiger partial charge in [-0.25, -0.2) is 9.48 Å². The molecule has 4 rings (SSSR count). The monoisotopic (exact) mass is 365 g/mol. The number of carbonyl (C=O) groups excluding carboxylic acids is 1. The average molecular weight is 365 g/mol. The van der Waals surface area contributed by atoms with Gasteiger partial charge in [0.15, 0.2) is 5.69 Å². The number of nitrogens with zero attached hydrogens (tertiary/aromatic N) is 5. The summed E-state index contributed by atoms with van der Waals surface area (Å²) in [6.07, 6.45) is 2.77. The summed E-state index contributed by atoms with van der Waals surface area (Å²) in [6, 6.07) is 9.52. The molecule has 1 amide bonds. The molecular formula is C19H19N5O3. The molecule has 8 heteroatoms. The van der Waals surface area contributed by atoms with Crippen LogP contribution in [0.2, 0.25) is 0 Å². The quantitative estimate of drug-likeness (QED) is 0.764. The third-order valence-electron chi connectivity index (χ3n) is 5.28. The van der Waals surface area contributed by atoms with E-state index in [9.17, 15) is 14.7 Å². The Balaban J connectivity index is 1.77. The van der Waals surface area contributed by atoms with Crippen LogP contribution in [-0.4, -0.2) is 53.9 Å². The van der Waals surface area contributed by atoms with Crippen molar-refractivity contribution in [2.45, 2.75) is 32.2 Å². The molecule has 1 fully saturated rings. The topological polar surface area (TPSA) is 101 Å². The van der Waals surface area contributed by atoms with Crippen molar-refractivity contribution in [1.29, 1.82) is 0 Å². The molecule has 3 aromatic rings. The molecule has 3 heterocycles. The number of hydrogen-bond acceptors (Lipinski definition) is 5. The Labute approximate surface area is 155 Å². The van der Waals surface area contributed by atoms with Crippen LogP contribution < -0.4 is 0 Å². The number of amides is 1. The van der Waals surface area contributed by atoms with Gasteiger partial charge in [-0.2, -0.15) is 0 Å². The van der Waals surface area contributed by atoms with Crippen LogP contribution in [-0.2, 0) is 4.79 Å². The number of pyridine rings is 1. The van der Waals surface area contributed by atoms with E-state index in [1.807, 2.05) is 30.3 Å². The van der Waals surface area contributed by atoms with Crippen molar-refractivity contribution >= 4 is 22.8 Å². The first-order valence-electron chi connectivity index (χ1n) is 8.75. The van der Waals surface area contributed by atoms with Crippen LogP contribution in [0.3, 0.4) is 0 Å². The van der Waals surface area contributed by atoms with Gasteiger partial charge in [-0.15, -0.1) is 5.10 Å². The van der Waals surface area contributed by atoms with Gasteiger partial charge in [-0.3, -0.25) is 9.78 Å². The van der Waals surface area contributed by atoms with Crippen molar-refractivity contribution in [2.24, 2.45) is 0 Å². The minimum Gasteiger partial charge on any atom is -0.480 e. The van der Waals surface area contributed by atoms with E-state index in [2.05, 4.69) is 15.3 Å². The van der Waals surface area contributed by atoms with E-state index < -0.39 is 17.4 Å². The van der Waals surface area contributed by atoms with Gasteiger partial charge in [0.2, 0.25) is 0 Å². The van der Waals surface area contributed by atoms with Gasteiger partial charge in [0.1, 0.15) is 5.54 Å². The standard InChI is InChI=1S/C19H19N5O3/c1-12-15(17(25)23-11-5-9-19(23,2)18(26)27)21-22-24(12)14-8-3-6-13-7-4-10-20-16(13)14/h3-4,6-8,10H,5,9,11H2,1-2H3,(H,26,27). The zero-order chi connectivity index (χ0) is 19.2. The van der Waals surface area contributed by atoms with Gasteiger partial charge in [-0.05, 0) is 38.8 Å². The fraction of sp³-hybridized carbons (Fsp3) is 0.316. The number of aliphatic carboxylic acids is 1. The molecule has 27 heavy (non-hydrogen) atoms. The van der Waals surface area contributed by atoms with Gasteiger partial charge >= 0.3 is 5.97 Å². The highest BCUT2D eigenvalue weighted by atomic mass is 16.4. The molecule has 0 aliphatic carbocycles. The zero-order valence-electron chi connectivity index (χ0n) is 15.1. The van der Waals surface area contributed by atoms with Crippen molar-refractivity contribution in [2.75, 3.05) is 6.54 Å². The highest BCUT2D eigenvalue weighted by Gasteiger charge is 2.47. The number of aromatic nitrogens is 4. The lowest BCUT2D eigenvalue weighted by molar-refractivity contribution is -0.147. The van der Waals surface area contributed by atoms with Crippen LogP contribution in [0.1, 0.15) is 35.9 Å². The van der Waals surface area contributed by atoms with Crippen LogP contribution in [0, 0.1) is 6.92 Å². The third-order valence-corrected chi connectivity index (χ3v) is 5.28. The van der Waals surface area contributed by atoms with Gasteiger partial charge in [-0.1, -0.05) is 23.4 Å². The van der Waals surface area contributed by atoms with Crippen LogP contribution >= 0.6 is 0 Å². The maximum Gasteiger partial charge on any atom is 0.329 e. The maximum absolute atomic E-state index is 13.0. The zero-order valence-corrected chi connectivity index (χ0v) is 15.1.